The molecular formula is C33H42N4O8S. The molecule has 2 aromatic carbocycles. The number of nitrogens with zero attached hydrogens (tertiary/aromatic N) is 3. The molecule has 1 aliphatic heterocycles. The molecule has 12 nitrogen and oxygen atoms in total. The van der Waals surface area contributed by atoms with E-state index in [2.05, 4.69) is 38.0 Å². The second-order valence-electron chi connectivity index (χ2n) is 12.6. The normalized spacial score (nSPS) is 17.5. The van der Waals surface area contributed by atoms with Crippen molar-refractivity contribution in [1.82, 2.24) is 14.5 Å². The fourth-order valence-electron chi connectivity index (χ4n) is 5.58. The molecule has 1 aromatic heterocycles. The van der Waals surface area contributed by atoms with Crippen molar-refractivity contribution in [1.29, 1.82) is 0 Å². The van der Waals surface area contributed by atoms with E-state index in [-0.39, 0.29) is 29.8 Å². The highest BCUT2D eigenvalue weighted by Gasteiger charge is 2.43. The van der Waals surface area contributed by atoms with E-state index >= 15 is 0 Å². The average molecular weight is 655 g/mol. The second-order valence-corrected chi connectivity index (χ2v) is 14.0. The number of carbonyl (C=O) groups excluding carboxylic acids is 2. The van der Waals surface area contributed by atoms with Crippen LogP contribution in [0.25, 0.3) is 0 Å². The van der Waals surface area contributed by atoms with Gasteiger partial charge in [0, 0.05) is 12.6 Å². The van der Waals surface area contributed by atoms with E-state index in [1.54, 1.807) is 0 Å². The second kappa shape index (κ2) is 14.5. The first-order valence-corrected chi connectivity index (χ1v) is 16.8. The van der Waals surface area contributed by atoms with Gasteiger partial charge in [-0.3, -0.25) is 14.1 Å². The van der Waals surface area contributed by atoms with Crippen LogP contribution >= 0.6 is 0 Å². The predicted octanol–water partition coefficient (Wildman–Crippen LogP) is 5.32. The zero-order valence-electron chi connectivity index (χ0n) is 26.5. The minimum atomic E-state index is -4.65. The van der Waals surface area contributed by atoms with Crippen LogP contribution in [-0.2, 0) is 25.1 Å². The van der Waals surface area contributed by atoms with Gasteiger partial charge in [0.2, 0.25) is 5.91 Å². The molecule has 3 aromatic rings. The van der Waals surface area contributed by atoms with Gasteiger partial charge in [0.1, 0.15) is 28.8 Å². The number of carbonyl (C=O) groups is 3. The Kier molecular flexibility index (Phi) is 10.9. The molecule has 13 heteroatoms. The Bertz CT molecular complexity index is 1650. The lowest BCUT2D eigenvalue weighted by Gasteiger charge is -2.27. The molecule has 2 amide bonds. The van der Waals surface area contributed by atoms with Crippen molar-refractivity contribution in [2.45, 2.75) is 94.7 Å². The Balaban J connectivity index is 1.54. The lowest BCUT2D eigenvalue weighted by Crippen LogP contribution is -2.44. The Morgan fingerprint density at radius 1 is 1.07 bits per heavy atom. The largest absolute Gasteiger partial charge is 0.488 e. The summed E-state index contributed by atoms with van der Waals surface area (Å²) in [5, 5.41) is 12.6. The van der Waals surface area contributed by atoms with Crippen molar-refractivity contribution in [3.63, 3.8) is 0 Å². The van der Waals surface area contributed by atoms with Gasteiger partial charge in [-0.25, -0.2) is 9.78 Å². The monoisotopic (exact) mass is 654 g/mol. The molecule has 0 aliphatic carbocycles. The first-order chi connectivity index (χ1) is 21.7. The van der Waals surface area contributed by atoms with Crippen LogP contribution in [0.3, 0.4) is 0 Å². The number of anilines is 1. The fourth-order valence-corrected chi connectivity index (χ4v) is 6.27. The molecule has 1 aliphatic rings. The van der Waals surface area contributed by atoms with Gasteiger partial charge >= 0.3 is 5.97 Å². The quantitative estimate of drug-likeness (QED) is 0.163. The highest BCUT2D eigenvalue weighted by Crippen LogP contribution is 2.30. The fraction of sp³-hybridized carbons (Fsp3) is 0.455. The Hall–Kier alpha value is -4.23. The third-order valence-corrected chi connectivity index (χ3v) is 8.99. The highest BCUT2D eigenvalue weighted by molar-refractivity contribution is 7.86. The first kappa shape index (κ1) is 34.6. The maximum Gasteiger partial charge on any atom is 0.326 e. The predicted molar refractivity (Wildman–Crippen MR) is 172 cm³/mol. The van der Waals surface area contributed by atoms with Crippen LogP contribution in [0.5, 0.6) is 5.75 Å². The highest BCUT2D eigenvalue weighted by atomic mass is 32.2. The van der Waals surface area contributed by atoms with Gasteiger partial charge in [-0.2, -0.15) is 8.42 Å². The lowest BCUT2D eigenvalue weighted by molar-refractivity contribution is -0.149. The summed E-state index contributed by atoms with van der Waals surface area (Å²) < 4.78 is 40.7. The van der Waals surface area contributed by atoms with Crippen molar-refractivity contribution >= 4 is 33.7 Å². The summed E-state index contributed by atoms with van der Waals surface area (Å²) in [5.74, 6) is -1.69. The molecule has 46 heavy (non-hydrogen) atoms. The van der Waals surface area contributed by atoms with E-state index in [0.717, 1.165) is 30.9 Å². The summed E-state index contributed by atoms with van der Waals surface area (Å²) >= 11 is 0. The molecule has 3 atom stereocenters. The van der Waals surface area contributed by atoms with E-state index in [1.807, 2.05) is 24.3 Å². The molecular weight excluding hydrogens is 612 g/mol. The number of hydrogen-bond donors (Lipinski definition) is 3. The van der Waals surface area contributed by atoms with Crippen molar-refractivity contribution in [3.8, 4) is 5.75 Å². The van der Waals surface area contributed by atoms with Crippen LogP contribution in [0.4, 0.5) is 5.82 Å². The number of aromatic nitrogens is 2. The molecule has 1 saturated heterocycles. The smallest absolute Gasteiger partial charge is 0.326 e. The molecule has 0 spiro atoms. The van der Waals surface area contributed by atoms with Crippen molar-refractivity contribution in [2.75, 3.05) is 11.9 Å². The van der Waals surface area contributed by atoms with Crippen LogP contribution < -0.4 is 10.1 Å². The number of ether oxygens (including phenoxy) is 1. The van der Waals surface area contributed by atoms with Crippen molar-refractivity contribution in [2.24, 2.45) is 0 Å². The van der Waals surface area contributed by atoms with Gasteiger partial charge in [0.25, 0.3) is 16.0 Å². The van der Waals surface area contributed by atoms with Gasteiger partial charge in [0.15, 0.2) is 5.82 Å². The number of carboxylic acids is 1. The number of likely N-dealkylation sites (tertiary alicyclic amines) is 1. The number of unbranched alkanes of at least 4 members (excludes halogenated alkanes) is 3. The standard InChI is InChI=1S/C33H42N4O8S/c1-5-6-7-8-12-26(36-20-29(34-21-36)35-30(38)25-11-9-10-13-28(25)46(42,43)44)31(39)37-19-24(18-27(37)32(40)41)45-23-16-14-22(15-17-23)33(2,3)4/h9-11,13-17,20-21,24,26-27H,5-8,12,18-19H2,1-4H3,(H,35,38)(H,40,41)(H,42,43,44)/t24-,26+,27-/m0/s1. The topological polar surface area (TPSA) is 168 Å². The number of benzene rings is 2. The number of amides is 2. The van der Waals surface area contributed by atoms with Crippen molar-refractivity contribution in [3.05, 3.63) is 72.2 Å². The maximum absolute atomic E-state index is 14.1. The lowest BCUT2D eigenvalue weighted by atomic mass is 9.87. The molecule has 0 saturated carbocycles. The van der Waals surface area contributed by atoms with Gasteiger partial charge in [-0.1, -0.05) is 77.6 Å². The SMILES string of the molecule is CCCCCC[C@H](C(=O)N1C[C@@H](Oc2ccc(C(C)(C)C)cc2)C[C@H]1C(=O)O)n1cnc(NC(=O)c2ccccc2S(=O)(=O)O)c1. The molecule has 0 radical (unpaired) electrons. The summed E-state index contributed by atoms with van der Waals surface area (Å²) in [6.45, 7) is 8.50. The van der Waals surface area contributed by atoms with Gasteiger partial charge < -0.3 is 24.6 Å². The third kappa shape index (κ3) is 8.52. The number of nitrogens with one attached hydrogen (secondary N) is 1. The molecule has 248 valence electrons. The summed E-state index contributed by atoms with van der Waals surface area (Å²) in [6.07, 6.45) is 6.40. The number of aliphatic carboxylic acids is 1. The van der Waals surface area contributed by atoms with E-state index in [1.165, 1.54) is 40.2 Å². The van der Waals surface area contributed by atoms with Gasteiger partial charge in [0.05, 0.1) is 18.4 Å². The zero-order valence-corrected chi connectivity index (χ0v) is 27.4. The van der Waals surface area contributed by atoms with Crippen LogP contribution in [0.15, 0.2) is 66.0 Å². The van der Waals surface area contributed by atoms with Gasteiger partial charge in [-0.15, -0.1) is 0 Å². The summed E-state index contributed by atoms with van der Waals surface area (Å²) in [5.41, 5.74) is 0.832. The Morgan fingerprint density at radius 2 is 1.76 bits per heavy atom. The Labute approximate surface area is 269 Å². The average Bonchev–Trinajstić information content (AvgIpc) is 3.64. The summed E-state index contributed by atoms with van der Waals surface area (Å²) in [7, 11) is -4.65. The molecule has 4 rings (SSSR count). The molecule has 0 unspecified atom stereocenters. The van der Waals surface area contributed by atoms with Crippen LogP contribution in [-0.4, -0.2) is 69.0 Å². The van der Waals surface area contributed by atoms with Gasteiger partial charge in [-0.05, 0) is 41.7 Å². The molecule has 2 heterocycles. The molecule has 1 fully saturated rings. The minimum Gasteiger partial charge on any atom is -0.488 e. The number of carboxylic acid groups (broad SMARTS) is 1. The van der Waals surface area contributed by atoms with Crippen molar-refractivity contribution < 1.29 is 37.2 Å². The summed E-state index contributed by atoms with van der Waals surface area (Å²) in [6, 6.07) is 11.0. The Morgan fingerprint density at radius 3 is 2.39 bits per heavy atom. The van der Waals surface area contributed by atoms with Crippen LogP contribution in [0.2, 0.25) is 0 Å². The van der Waals surface area contributed by atoms with Crippen LogP contribution in [0.1, 0.15) is 88.2 Å². The van der Waals surface area contributed by atoms with E-state index in [4.69, 9.17) is 4.74 Å². The minimum absolute atomic E-state index is 0.0315. The number of rotatable bonds is 13. The summed E-state index contributed by atoms with van der Waals surface area (Å²) in [4.78, 5) is 44.3. The number of imidazole rings is 1. The van der Waals surface area contributed by atoms with E-state index in [0.29, 0.717) is 18.6 Å². The number of hydrogen-bond acceptors (Lipinski definition) is 7. The molecule has 3 N–H and O–H groups in total. The maximum atomic E-state index is 14.1. The molecule has 0 bridgehead atoms. The van der Waals surface area contributed by atoms with E-state index < -0.39 is 51.0 Å². The zero-order chi connectivity index (χ0) is 33.6. The van der Waals surface area contributed by atoms with Crippen LogP contribution in [0, 0.1) is 0 Å². The third-order valence-electron chi connectivity index (χ3n) is 8.08. The van der Waals surface area contributed by atoms with E-state index in [9.17, 15) is 32.5 Å². The first-order valence-electron chi connectivity index (χ1n) is 15.4.